The van der Waals surface area contributed by atoms with Crippen LogP contribution in [0.15, 0.2) is 73.3 Å². The lowest BCUT2D eigenvalue weighted by atomic mass is 10.0. The molecule has 0 heterocycles. The molecule has 436 valence electrons. The third-order valence-electron chi connectivity index (χ3n) is 12.6. The molecule has 20 heteroatoms. The first kappa shape index (κ1) is 67.7. The molecule has 78 heavy (non-hydrogen) atoms. The Hall–Kier alpha value is -6.38. The standard InChI is InChI=1S/C58H95N11O9/c1-8-29-78-58(77)69(34-47(61)23-15-17-27-59)41-54(73)65-50(33-46-21-13-10-14-22-46)37-67(55(74)26-25-45-19-11-9-12-20-45)39-52(71)63-48(24-16-18-28-60)35-68(57(76)32-44(6)7)40-53(72)64-49(30-42(2)3)36-66(38-51(62)70)56(75)31-43(4)5/h8-14,19-22,42-44,47-50H,1,15-18,23-41,59-61H2,2-7H3,(H2,62,70)(H,63,71)(H,64,72)(H,65,73)/t47?,48-,49-,50?/m0/s1. The van der Waals surface area contributed by atoms with Crippen molar-refractivity contribution in [2.45, 2.75) is 143 Å². The largest absolute Gasteiger partial charge is 0.445 e. The number of nitrogens with zero attached hydrogens (tertiary/aromatic N) is 4. The fourth-order valence-corrected chi connectivity index (χ4v) is 9.00. The highest BCUT2D eigenvalue weighted by Crippen LogP contribution is 2.15. The lowest BCUT2D eigenvalue weighted by Gasteiger charge is -2.32. The number of benzene rings is 2. The highest BCUT2D eigenvalue weighted by molar-refractivity contribution is 5.87. The number of unbranched alkanes of at least 4 members (excludes halogenated alkanes) is 2. The van der Waals surface area contributed by atoms with E-state index in [9.17, 15) is 38.4 Å². The van der Waals surface area contributed by atoms with Gasteiger partial charge in [-0.25, -0.2) is 4.79 Å². The zero-order chi connectivity index (χ0) is 58.0. The third-order valence-corrected chi connectivity index (χ3v) is 12.6. The third kappa shape index (κ3) is 30.0. The van der Waals surface area contributed by atoms with Gasteiger partial charge in [0.05, 0.1) is 25.7 Å². The molecular weight excluding hydrogens is 995 g/mol. The molecule has 2 unspecified atom stereocenters. The number of carbonyl (C=O) groups excluding carboxylic acids is 8. The molecule has 0 spiro atoms. The van der Waals surface area contributed by atoms with Gasteiger partial charge in [-0.15, -0.1) is 0 Å². The molecule has 4 atom stereocenters. The van der Waals surface area contributed by atoms with E-state index in [1.54, 1.807) is 0 Å². The first-order chi connectivity index (χ1) is 37.1. The minimum Gasteiger partial charge on any atom is -0.445 e. The van der Waals surface area contributed by atoms with E-state index in [1.165, 1.54) is 25.7 Å². The molecule has 0 bridgehead atoms. The zero-order valence-electron chi connectivity index (χ0n) is 47.6. The number of hydrogen-bond acceptors (Lipinski definition) is 12. The minimum atomic E-state index is -0.742. The Morgan fingerprint density at radius 3 is 1.54 bits per heavy atom. The summed E-state index contributed by atoms with van der Waals surface area (Å²) in [6, 6.07) is 16.4. The highest BCUT2D eigenvalue weighted by Gasteiger charge is 2.30. The second-order valence-electron chi connectivity index (χ2n) is 21.7. The molecule has 11 N–H and O–H groups in total. The van der Waals surface area contributed by atoms with E-state index in [2.05, 4.69) is 22.5 Å². The van der Waals surface area contributed by atoms with Crippen molar-refractivity contribution in [3.8, 4) is 0 Å². The van der Waals surface area contributed by atoms with Gasteiger partial charge in [0.2, 0.25) is 41.4 Å². The summed E-state index contributed by atoms with van der Waals surface area (Å²) in [5.41, 5.74) is 25.3. The van der Waals surface area contributed by atoms with E-state index in [0.29, 0.717) is 51.6 Å². The number of nitrogens with two attached hydrogens (primary N) is 4. The summed E-state index contributed by atoms with van der Waals surface area (Å²) in [7, 11) is 0. The first-order valence-electron chi connectivity index (χ1n) is 27.9. The Bertz CT molecular complexity index is 2130. The van der Waals surface area contributed by atoms with E-state index in [-0.39, 0.29) is 107 Å². The van der Waals surface area contributed by atoms with Gasteiger partial charge in [-0.3, -0.25) is 38.5 Å². The summed E-state index contributed by atoms with van der Waals surface area (Å²) in [4.78, 5) is 115. The van der Waals surface area contributed by atoms with Gasteiger partial charge in [0.15, 0.2) is 0 Å². The SMILES string of the molecule is C=CCOC(=O)N(CC(=O)NC(Cc1ccccc1)CN(CC(=O)N[C@@H](CCCCN)CN(CC(=O)N[C@@H](CC(C)C)CN(CC(N)=O)C(=O)CC(C)C)C(=O)CC(C)C)C(=O)CCc1ccccc1)CC(N)CCCCN. The molecule has 2 aromatic rings. The van der Waals surface area contributed by atoms with Gasteiger partial charge in [0, 0.05) is 63.6 Å². The van der Waals surface area contributed by atoms with Crippen LogP contribution in [0, 0.1) is 17.8 Å². The Morgan fingerprint density at radius 2 is 1.03 bits per heavy atom. The van der Waals surface area contributed by atoms with Crippen LogP contribution in [0.2, 0.25) is 0 Å². The molecule has 20 nitrogen and oxygen atoms in total. The number of nitrogens with one attached hydrogen (secondary N) is 3. The molecule has 0 aliphatic rings. The van der Waals surface area contributed by atoms with E-state index in [4.69, 9.17) is 27.7 Å². The molecule has 2 aromatic carbocycles. The van der Waals surface area contributed by atoms with Crippen LogP contribution in [0.4, 0.5) is 4.79 Å². The van der Waals surface area contributed by atoms with Crippen molar-refractivity contribution < 1.29 is 43.1 Å². The molecule has 0 aliphatic heterocycles. The average molecular weight is 1090 g/mol. The molecule has 0 aliphatic carbocycles. The van der Waals surface area contributed by atoms with Crippen LogP contribution in [0.25, 0.3) is 0 Å². The molecule has 8 amide bonds. The number of primary amides is 1. The van der Waals surface area contributed by atoms with Crippen LogP contribution in [-0.4, -0.2) is 163 Å². The molecular formula is C58H95N11O9. The van der Waals surface area contributed by atoms with Crippen molar-refractivity contribution in [2.75, 3.05) is 72.1 Å². The Morgan fingerprint density at radius 1 is 0.564 bits per heavy atom. The van der Waals surface area contributed by atoms with Crippen LogP contribution >= 0.6 is 0 Å². The fraction of sp³-hybridized carbons (Fsp3) is 0.621. The van der Waals surface area contributed by atoms with Crippen LogP contribution < -0.4 is 38.9 Å². The zero-order valence-corrected chi connectivity index (χ0v) is 47.6. The number of ether oxygens (including phenoxy) is 1. The molecule has 0 saturated carbocycles. The summed E-state index contributed by atoms with van der Waals surface area (Å²) in [6.07, 6.45) is 5.82. The van der Waals surface area contributed by atoms with Crippen molar-refractivity contribution in [1.29, 1.82) is 0 Å². The summed E-state index contributed by atoms with van der Waals surface area (Å²) < 4.78 is 5.33. The lowest BCUT2D eigenvalue weighted by Crippen LogP contribution is -2.55. The van der Waals surface area contributed by atoms with Crippen molar-refractivity contribution in [1.82, 2.24) is 35.6 Å². The average Bonchev–Trinajstić information content (AvgIpc) is 3.36. The van der Waals surface area contributed by atoms with Gasteiger partial charge in [-0.05, 0) is 86.9 Å². The van der Waals surface area contributed by atoms with Crippen LogP contribution in [-0.2, 0) is 51.1 Å². The van der Waals surface area contributed by atoms with Gasteiger partial charge < -0.3 is 58.3 Å². The quantitative estimate of drug-likeness (QED) is 0.0372. The predicted molar refractivity (Wildman–Crippen MR) is 305 cm³/mol. The van der Waals surface area contributed by atoms with Gasteiger partial charge in [-0.2, -0.15) is 0 Å². The molecule has 0 saturated heterocycles. The summed E-state index contributed by atoms with van der Waals surface area (Å²) >= 11 is 0. The molecule has 0 radical (unpaired) electrons. The summed E-state index contributed by atoms with van der Waals surface area (Å²) in [6.45, 7) is 14.4. The number of rotatable bonds is 40. The van der Waals surface area contributed by atoms with Gasteiger partial charge >= 0.3 is 6.09 Å². The number of carbonyl (C=O) groups is 8. The smallest absolute Gasteiger partial charge is 0.410 e. The van der Waals surface area contributed by atoms with Crippen molar-refractivity contribution in [3.05, 3.63) is 84.4 Å². The maximum Gasteiger partial charge on any atom is 0.410 e. The highest BCUT2D eigenvalue weighted by atomic mass is 16.6. The van der Waals surface area contributed by atoms with Crippen LogP contribution in [0.3, 0.4) is 0 Å². The predicted octanol–water partition coefficient (Wildman–Crippen LogP) is 3.64. The number of hydrogen-bond donors (Lipinski definition) is 7. The van der Waals surface area contributed by atoms with E-state index in [0.717, 1.165) is 24.0 Å². The molecule has 0 fully saturated rings. The number of amides is 8. The summed E-state index contributed by atoms with van der Waals surface area (Å²) in [5.74, 6) is -3.08. The topological polar surface area (TPSA) is 299 Å². The Labute approximate surface area is 464 Å². The maximum atomic E-state index is 14.5. The normalized spacial score (nSPS) is 12.7. The van der Waals surface area contributed by atoms with Crippen LogP contribution in [0.5, 0.6) is 0 Å². The Kier molecular flexibility index (Phi) is 33.2. The maximum absolute atomic E-state index is 14.5. The van der Waals surface area contributed by atoms with Crippen molar-refractivity contribution in [3.63, 3.8) is 0 Å². The second kappa shape index (κ2) is 38.2. The Balaban J connectivity index is 2.53. The van der Waals surface area contributed by atoms with Crippen molar-refractivity contribution in [2.24, 2.45) is 40.7 Å². The molecule has 0 aromatic heterocycles. The van der Waals surface area contributed by atoms with Crippen molar-refractivity contribution >= 4 is 47.4 Å². The fourth-order valence-electron chi connectivity index (χ4n) is 9.00. The second-order valence-corrected chi connectivity index (χ2v) is 21.7. The van der Waals surface area contributed by atoms with E-state index in [1.807, 2.05) is 102 Å². The van der Waals surface area contributed by atoms with E-state index < -0.39 is 67.0 Å². The van der Waals surface area contributed by atoms with Gasteiger partial charge in [-0.1, -0.05) is 128 Å². The van der Waals surface area contributed by atoms with Gasteiger partial charge in [0.25, 0.3) is 0 Å². The van der Waals surface area contributed by atoms with E-state index >= 15 is 0 Å². The summed E-state index contributed by atoms with van der Waals surface area (Å²) in [5, 5.41) is 9.15. The first-order valence-corrected chi connectivity index (χ1v) is 27.9. The minimum absolute atomic E-state index is 0.0227. The molecule has 2 rings (SSSR count). The lowest BCUT2D eigenvalue weighted by molar-refractivity contribution is -0.139. The monoisotopic (exact) mass is 1090 g/mol. The van der Waals surface area contributed by atoms with Gasteiger partial charge in [0.1, 0.15) is 13.2 Å². The van der Waals surface area contributed by atoms with Crippen LogP contribution in [0.1, 0.15) is 117 Å². The number of aryl methyl sites for hydroxylation is 1.